The van der Waals surface area contributed by atoms with E-state index in [-0.39, 0.29) is 11.1 Å². The third-order valence-electron chi connectivity index (χ3n) is 2.78. The van der Waals surface area contributed by atoms with Crippen LogP contribution in [0.1, 0.15) is 15.9 Å². The van der Waals surface area contributed by atoms with E-state index in [0.717, 1.165) is 30.3 Å². The van der Waals surface area contributed by atoms with E-state index in [1.54, 1.807) is 0 Å². The molecule has 0 unspecified atom stereocenters. The first-order valence-electron chi connectivity index (χ1n) is 5.79. The number of carbonyl (C=O) groups is 1. The summed E-state index contributed by atoms with van der Waals surface area (Å²) in [5.41, 5.74) is -0.0504. The first-order valence-corrected chi connectivity index (χ1v) is 7.45. The maximum Gasteiger partial charge on any atom is 0.335 e. The highest BCUT2D eigenvalue weighted by Gasteiger charge is 2.21. The molecular formula is C14H10F2O4S. The van der Waals surface area contributed by atoms with Crippen LogP contribution in [0, 0.1) is 11.6 Å². The van der Waals surface area contributed by atoms with Crippen LogP contribution in [0.15, 0.2) is 47.4 Å². The summed E-state index contributed by atoms with van der Waals surface area (Å²) in [5.74, 6) is -3.45. The van der Waals surface area contributed by atoms with Gasteiger partial charge in [0.2, 0.25) is 0 Å². The molecule has 0 fully saturated rings. The van der Waals surface area contributed by atoms with Crippen molar-refractivity contribution in [2.24, 2.45) is 0 Å². The van der Waals surface area contributed by atoms with Gasteiger partial charge in [-0.1, -0.05) is 12.1 Å². The van der Waals surface area contributed by atoms with E-state index in [0.29, 0.717) is 0 Å². The molecule has 7 heteroatoms. The zero-order valence-corrected chi connectivity index (χ0v) is 11.4. The molecule has 0 atom stereocenters. The fourth-order valence-electron chi connectivity index (χ4n) is 1.75. The van der Waals surface area contributed by atoms with Crippen LogP contribution < -0.4 is 0 Å². The molecule has 4 nitrogen and oxygen atoms in total. The Kier molecular flexibility index (Phi) is 4.04. The van der Waals surface area contributed by atoms with Gasteiger partial charge in [0.1, 0.15) is 16.5 Å². The molecule has 2 aromatic rings. The molecule has 2 aromatic carbocycles. The summed E-state index contributed by atoms with van der Waals surface area (Å²) in [6.07, 6.45) is 0. The molecule has 110 valence electrons. The van der Waals surface area contributed by atoms with Crippen molar-refractivity contribution in [3.05, 3.63) is 65.2 Å². The van der Waals surface area contributed by atoms with Gasteiger partial charge < -0.3 is 5.11 Å². The Morgan fingerprint density at radius 2 is 1.67 bits per heavy atom. The number of aromatic carboxylic acids is 1. The molecule has 0 aliphatic carbocycles. The number of benzene rings is 2. The lowest BCUT2D eigenvalue weighted by atomic mass is 10.2. The highest BCUT2D eigenvalue weighted by atomic mass is 32.2. The Balaban J connectivity index is 2.41. The quantitative estimate of drug-likeness (QED) is 0.942. The van der Waals surface area contributed by atoms with Crippen molar-refractivity contribution in [2.75, 3.05) is 0 Å². The van der Waals surface area contributed by atoms with Crippen molar-refractivity contribution < 1.29 is 27.1 Å². The predicted octanol–water partition coefficient (Wildman–Crippen LogP) is 2.64. The van der Waals surface area contributed by atoms with Crippen molar-refractivity contribution in [1.82, 2.24) is 0 Å². The fraction of sp³-hybridized carbons (Fsp3) is 0.0714. The predicted molar refractivity (Wildman–Crippen MR) is 70.6 cm³/mol. The summed E-state index contributed by atoms with van der Waals surface area (Å²) in [5, 5.41) is 8.83. The van der Waals surface area contributed by atoms with Crippen LogP contribution in [0.4, 0.5) is 8.78 Å². The first kappa shape index (κ1) is 15.1. The number of hydrogen-bond acceptors (Lipinski definition) is 3. The lowest BCUT2D eigenvalue weighted by Crippen LogP contribution is -2.09. The summed E-state index contributed by atoms with van der Waals surface area (Å²) < 4.78 is 50.7. The molecule has 1 N–H and O–H groups in total. The normalized spacial score (nSPS) is 11.3. The Morgan fingerprint density at radius 3 is 2.24 bits per heavy atom. The zero-order chi connectivity index (χ0) is 15.6. The number of sulfone groups is 1. The molecule has 0 bridgehead atoms. The second-order valence-electron chi connectivity index (χ2n) is 4.34. The molecule has 21 heavy (non-hydrogen) atoms. The maximum atomic E-state index is 13.7. The lowest BCUT2D eigenvalue weighted by molar-refractivity contribution is 0.0696. The number of carboxylic acid groups (broad SMARTS) is 1. The van der Waals surface area contributed by atoms with Crippen LogP contribution in [0.5, 0.6) is 0 Å². The monoisotopic (exact) mass is 312 g/mol. The number of rotatable bonds is 4. The van der Waals surface area contributed by atoms with Crippen LogP contribution in [0.25, 0.3) is 0 Å². The van der Waals surface area contributed by atoms with E-state index < -0.39 is 38.1 Å². The maximum absolute atomic E-state index is 13.7. The van der Waals surface area contributed by atoms with Crippen molar-refractivity contribution in [3.63, 3.8) is 0 Å². The molecular weight excluding hydrogens is 302 g/mol. The van der Waals surface area contributed by atoms with E-state index in [9.17, 15) is 22.0 Å². The van der Waals surface area contributed by atoms with E-state index in [1.165, 1.54) is 12.1 Å². The van der Waals surface area contributed by atoms with Gasteiger partial charge in [-0.15, -0.1) is 0 Å². The summed E-state index contributed by atoms with van der Waals surface area (Å²) in [7, 11) is -4.07. The van der Waals surface area contributed by atoms with Crippen molar-refractivity contribution in [3.8, 4) is 0 Å². The van der Waals surface area contributed by atoms with Crippen LogP contribution in [0.3, 0.4) is 0 Å². The van der Waals surface area contributed by atoms with Gasteiger partial charge in [0.15, 0.2) is 9.84 Å². The van der Waals surface area contributed by atoms with Gasteiger partial charge >= 0.3 is 5.97 Å². The Hall–Kier alpha value is -2.28. The topological polar surface area (TPSA) is 71.4 Å². The number of carboxylic acids is 1. The molecule has 0 saturated heterocycles. The summed E-state index contributed by atoms with van der Waals surface area (Å²) in [6, 6.07) is 7.27. The van der Waals surface area contributed by atoms with Crippen LogP contribution in [-0.4, -0.2) is 19.5 Å². The van der Waals surface area contributed by atoms with Gasteiger partial charge in [0.05, 0.1) is 11.3 Å². The third kappa shape index (κ3) is 3.43. The largest absolute Gasteiger partial charge is 0.478 e. The van der Waals surface area contributed by atoms with Gasteiger partial charge in [-0.25, -0.2) is 22.0 Å². The van der Waals surface area contributed by atoms with E-state index in [4.69, 9.17) is 5.11 Å². The molecule has 0 heterocycles. The SMILES string of the molecule is O=C(O)c1ccc(F)c(S(=O)(=O)Cc2ccc(F)cc2)c1. The average Bonchev–Trinajstić information content (AvgIpc) is 2.41. The summed E-state index contributed by atoms with van der Waals surface area (Å²) in [4.78, 5) is 10.1. The molecule has 0 aromatic heterocycles. The van der Waals surface area contributed by atoms with Crippen LogP contribution in [-0.2, 0) is 15.6 Å². The lowest BCUT2D eigenvalue weighted by Gasteiger charge is -2.07. The molecule has 0 radical (unpaired) electrons. The standard InChI is InChI=1S/C14H10F2O4S/c15-11-4-1-9(2-5-11)8-21(19,20)13-7-10(14(17)18)3-6-12(13)16/h1-7H,8H2,(H,17,18). The third-order valence-corrected chi connectivity index (χ3v) is 4.48. The second kappa shape index (κ2) is 5.61. The molecule has 2 rings (SSSR count). The zero-order valence-electron chi connectivity index (χ0n) is 10.6. The Morgan fingerprint density at radius 1 is 1.05 bits per heavy atom. The van der Waals surface area contributed by atoms with E-state index in [1.807, 2.05) is 0 Å². The fourth-order valence-corrected chi connectivity index (χ4v) is 3.21. The van der Waals surface area contributed by atoms with E-state index >= 15 is 0 Å². The van der Waals surface area contributed by atoms with Crippen LogP contribution in [0.2, 0.25) is 0 Å². The van der Waals surface area contributed by atoms with Gasteiger partial charge in [-0.2, -0.15) is 0 Å². The number of hydrogen-bond donors (Lipinski definition) is 1. The van der Waals surface area contributed by atoms with Crippen LogP contribution >= 0.6 is 0 Å². The molecule has 0 aliphatic heterocycles. The second-order valence-corrected chi connectivity index (χ2v) is 6.29. The summed E-state index contributed by atoms with van der Waals surface area (Å²) >= 11 is 0. The Labute approximate surface area is 119 Å². The van der Waals surface area contributed by atoms with E-state index in [2.05, 4.69) is 0 Å². The van der Waals surface area contributed by atoms with Gasteiger partial charge in [0, 0.05) is 0 Å². The first-order chi connectivity index (χ1) is 9.79. The summed E-state index contributed by atoms with van der Waals surface area (Å²) in [6.45, 7) is 0. The Bertz CT molecular complexity index is 783. The highest BCUT2D eigenvalue weighted by Crippen LogP contribution is 2.21. The molecule has 0 saturated carbocycles. The van der Waals surface area contributed by atoms with Gasteiger partial charge in [0.25, 0.3) is 0 Å². The molecule has 0 spiro atoms. The highest BCUT2D eigenvalue weighted by molar-refractivity contribution is 7.90. The molecule has 0 amide bonds. The minimum atomic E-state index is -4.07. The number of halogens is 2. The van der Waals surface area contributed by atoms with Gasteiger partial charge in [-0.3, -0.25) is 0 Å². The van der Waals surface area contributed by atoms with Crippen molar-refractivity contribution in [1.29, 1.82) is 0 Å². The smallest absolute Gasteiger partial charge is 0.335 e. The minimum absolute atomic E-state index is 0.275. The van der Waals surface area contributed by atoms with Gasteiger partial charge in [-0.05, 0) is 35.9 Å². The molecule has 0 aliphatic rings. The average molecular weight is 312 g/mol. The van der Waals surface area contributed by atoms with Crippen molar-refractivity contribution >= 4 is 15.8 Å². The minimum Gasteiger partial charge on any atom is -0.478 e. The van der Waals surface area contributed by atoms with Crippen molar-refractivity contribution in [2.45, 2.75) is 10.6 Å².